The van der Waals surface area contributed by atoms with Crippen LogP contribution in [0.1, 0.15) is 54.4 Å². The van der Waals surface area contributed by atoms with Gasteiger partial charge in [-0.05, 0) is 16.4 Å². The predicted octanol–water partition coefficient (Wildman–Crippen LogP) is 3.55. The van der Waals surface area contributed by atoms with Crippen molar-refractivity contribution < 1.29 is 9.59 Å². The molecule has 0 fully saturated rings. The number of hydrogen-bond donors (Lipinski definition) is 0. The monoisotopic (exact) mass is 236 g/mol. The first kappa shape index (κ1) is 14.1. The molecule has 0 spiro atoms. The van der Waals surface area contributed by atoms with Gasteiger partial charge in [0.1, 0.15) is 5.78 Å². The van der Waals surface area contributed by atoms with Crippen LogP contribution in [0.5, 0.6) is 0 Å². The fourth-order valence-electron chi connectivity index (χ4n) is 2.28. The van der Waals surface area contributed by atoms with Crippen molar-refractivity contribution in [1.82, 2.24) is 0 Å². The summed E-state index contributed by atoms with van der Waals surface area (Å²) >= 11 is 0. The Morgan fingerprint density at radius 2 is 1.59 bits per heavy atom. The fourth-order valence-corrected chi connectivity index (χ4v) is 2.28. The molecule has 17 heavy (non-hydrogen) atoms. The quantitative estimate of drug-likeness (QED) is 0.644. The molecule has 0 saturated heterocycles. The number of carbonyl (C=O) groups is 2. The molecule has 2 heteroatoms. The molecule has 1 rings (SSSR count). The Morgan fingerprint density at radius 1 is 1.06 bits per heavy atom. The normalized spacial score (nSPS) is 23.4. The Bertz CT molecular complexity index is 361. The summed E-state index contributed by atoms with van der Waals surface area (Å²) < 4.78 is 0. The van der Waals surface area contributed by atoms with Gasteiger partial charge in [-0.3, -0.25) is 9.59 Å². The van der Waals surface area contributed by atoms with E-state index in [4.69, 9.17) is 0 Å². The highest BCUT2D eigenvalue weighted by molar-refractivity contribution is 6.03. The Kier molecular flexibility index (Phi) is 3.66. The third-order valence-electron chi connectivity index (χ3n) is 3.40. The van der Waals surface area contributed by atoms with E-state index in [-0.39, 0.29) is 28.3 Å². The van der Waals surface area contributed by atoms with Gasteiger partial charge in [0.2, 0.25) is 0 Å². The van der Waals surface area contributed by atoms with Crippen LogP contribution in [0.25, 0.3) is 0 Å². The predicted molar refractivity (Wildman–Crippen MR) is 69.7 cm³/mol. The van der Waals surface area contributed by atoms with E-state index in [0.717, 1.165) is 5.57 Å². The minimum atomic E-state index is -0.178. The van der Waals surface area contributed by atoms with Gasteiger partial charge in [-0.15, -0.1) is 0 Å². The van der Waals surface area contributed by atoms with Crippen molar-refractivity contribution in [2.24, 2.45) is 16.7 Å². The van der Waals surface area contributed by atoms with Crippen LogP contribution in [0.3, 0.4) is 0 Å². The number of carbonyl (C=O) groups excluding carboxylic acids is 2. The molecule has 96 valence electrons. The molecule has 0 aromatic heterocycles. The second kappa shape index (κ2) is 4.40. The Balaban J connectivity index is 3.18. The SMILES string of the molecule is CC(C)(C)C1=CCC(=O)CC(C(C)(C)C)C1=O. The van der Waals surface area contributed by atoms with Crippen LogP contribution in [-0.2, 0) is 9.59 Å². The van der Waals surface area contributed by atoms with E-state index in [9.17, 15) is 9.59 Å². The number of allylic oxidation sites excluding steroid dienone is 2. The Hall–Kier alpha value is -0.920. The lowest BCUT2D eigenvalue weighted by atomic mass is 9.71. The standard InChI is InChI=1S/C15H24O2/c1-14(2,3)11-8-7-10(16)9-12(13(11)17)15(4,5)6/h8,12H,7,9H2,1-6H3. The van der Waals surface area contributed by atoms with Crippen molar-refractivity contribution in [2.45, 2.75) is 54.4 Å². The van der Waals surface area contributed by atoms with Crippen molar-refractivity contribution in [2.75, 3.05) is 0 Å². The van der Waals surface area contributed by atoms with Gasteiger partial charge in [0.05, 0.1) is 0 Å². The molecular formula is C15H24O2. The summed E-state index contributed by atoms with van der Waals surface area (Å²) in [6, 6.07) is 0. The van der Waals surface area contributed by atoms with Crippen LogP contribution in [0, 0.1) is 16.7 Å². The van der Waals surface area contributed by atoms with Crippen molar-refractivity contribution in [3.63, 3.8) is 0 Å². The molecule has 0 aromatic rings. The van der Waals surface area contributed by atoms with Gasteiger partial charge in [0.25, 0.3) is 0 Å². The Morgan fingerprint density at radius 3 is 2.00 bits per heavy atom. The lowest BCUT2D eigenvalue weighted by Crippen LogP contribution is -2.33. The molecule has 0 saturated carbocycles. The average Bonchev–Trinajstić information content (AvgIpc) is 2.23. The molecular weight excluding hydrogens is 212 g/mol. The van der Waals surface area contributed by atoms with Crippen LogP contribution < -0.4 is 0 Å². The van der Waals surface area contributed by atoms with Gasteiger partial charge < -0.3 is 0 Å². The molecule has 0 bridgehead atoms. The third kappa shape index (κ3) is 3.27. The zero-order valence-electron chi connectivity index (χ0n) is 11.9. The number of rotatable bonds is 0. The summed E-state index contributed by atoms with van der Waals surface area (Å²) in [5.74, 6) is 0.163. The maximum absolute atomic E-state index is 12.6. The van der Waals surface area contributed by atoms with E-state index in [2.05, 4.69) is 0 Å². The summed E-state index contributed by atoms with van der Waals surface area (Å²) in [6.07, 6.45) is 2.64. The number of Topliss-reactive ketones (excluding diaryl/α,β-unsaturated/α-hetero) is 2. The summed E-state index contributed by atoms with van der Waals surface area (Å²) in [6.45, 7) is 12.2. The van der Waals surface area contributed by atoms with E-state index in [0.29, 0.717) is 12.8 Å². The molecule has 0 amide bonds. The van der Waals surface area contributed by atoms with E-state index in [1.165, 1.54) is 0 Å². The van der Waals surface area contributed by atoms with E-state index in [1.54, 1.807) is 0 Å². The summed E-state index contributed by atoms with van der Waals surface area (Å²) in [7, 11) is 0. The van der Waals surface area contributed by atoms with Crippen molar-refractivity contribution in [1.29, 1.82) is 0 Å². The zero-order valence-corrected chi connectivity index (χ0v) is 11.9. The topological polar surface area (TPSA) is 34.1 Å². The molecule has 0 aliphatic heterocycles. The fraction of sp³-hybridized carbons (Fsp3) is 0.733. The van der Waals surface area contributed by atoms with Gasteiger partial charge in [0, 0.05) is 18.8 Å². The molecule has 0 N–H and O–H groups in total. The lowest BCUT2D eigenvalue weighted by molar-refractivity contribution is -0.128. The maximum Gasteiger partial charge on any atom is 0.163 e. The van der Waals surface area contributed by atoms with Crippen LogP contribution in [0.4, 0.5) is 0 Å². The smallest absolute Gasteiger partial charge is 0.163 e. The summed E-state index contributed by atoms with van der Waals surface area (Å²) in [4.78, 5) is 24.3. The van der Waals surface area contributed by atoms with E-state index >= 15 is 0 Å². The van der Waals surface area contributed by atoms with E-state index < -0.39 is 0 Å². The lowest BCUT2D eigenvalue weighted by Gasteiger charge is -2.31. The minimum Gasteiger partial charge on any atom is -0.299 e. The van der Waals surface area contributed by atoms with Crippen molar-refractivity contribution >= 4 is 11.6 Å². The number of ketones is 2. The first-order chi connectivity index (χ1) is 7.53. The summed E-state index contributed by atoms with van der Waals surface area (Å²) in [5.41, 5.74) is 0.496. The highest BCUT2D eigenvalue weighted by Gasteiger charge is 2.38. The highest BCUT2D eigenvalue weighted by Crippen LogP contribution is 2.38. The van der Waals surface area contributed by atoms with Gasteiger partial charge >= 0.3 is 0 Å². The van der Waals surface area contributed by atoms with Crippen LogP contribution >= 0.6 is 0 Å². The second-order valence-electron chi connectivity index (χ2n) is 7.10. The van der Waals surface area contributed by atoms with Crippen LogP contribution in [0.2, 0.25) is 0 Å². The first-order valence-corrected chi connectivity index (χ1v) is 6.30. The third-order valence-corrected chi connectivity index (χ3v) is 3.40. The van der Waals surface area contributed by atoms with Crippen LogP contribution in [0.15, 0.2) is 11.6 Å². The van der Waals surface area contributed by atoms with Gasteiger partial charge in [0.15, 0.2) is 5.78 Å². The highest BCUT2D eigenvalue weighted by atomic mass is 16.1. The molecule has 0 aromatic carbocycles. The largest absolute Gasteiger partial charge is 0.299 e. The molecule has 2 nitrogen and oxygen atoms in total. The van der Waals surface area contributed by atoms with Crippen molar-refractivity contribution in [3.8, 4) is 0 Å². The average molecular weight is 236 g/mol. The van der Waals surface area contributed by atoms with Gasteiger partial charge in [-0.1, -0.05) is 47.6 Å². The van der Waals surface area contributed by atoms with Crippen LogP contribution in [-0.4, -0.2) is 11.6 Å². The molecule has 1 aliphatic rings. The molecule has 0 heterocycles. The van der Waals surface area contributed by atoms with Gasteiger partial charge in [-0.2, -0.15) is 0 Å². The zero-order chi connectivity index (χ0) is 13.4. The minimum absolute atomic E-state index is 0.151. The van der Waals surface area contributed by atoms with Gasteiger partial charge in [-0.25, -0.2) is 0 Å². The number of hydrogen-bond acceptors (Lipinski definition) is 2. The molecule has 1 atom stereocenters. The summed E-state index contributed by atoms with van der Waals surface area (Å²) in [5, 5.41) is 0. The first-order valence-electron chi connectivity index (χ1n) is 6.30. The Labute approximate surface area is 104 Å². The maximum atomic E-state index is 12.6. The molecule has 1 aliphatic carbocycles. The second-order valence-corrected chi connectivity index (χ2v) is 7.10. The van der Waals surface area contributed by atoms with E-state index in [1.807, 2.05) is 47.6 Å². The molecule has 1 unspecified atom stereocenters. The van der Waals surface area contributed by atoms with Crippen molar-refractivity contribution in [3.05, 3.63) is 11.6 Å². The molecule has 0 radical (unpaired) electrons.